The van der Waals surface area contributed by atoms with Crippen molar-refractivity contribution in [3.8, 4) is 0 Å². The van der Waals surface area contributed by atoms with Crippen LogP contribution in [0.1, 0.15) is 47.5 Å². The van der Waals surface area contributed by atoms with Crippen LogP contribution in [0.5, 0.6) is 0 Å². The molecule has 2 unspecified atom stereocenters. The molecule has 144 valence electrons. The summed E-state index contributed by atoms with van der Waals surface area (Å²) in [7, 11) is 0. The van der Waals surface area contributed by atoms with Crippen molar-refractivity contribution in [3.05, 3.63) is 58.3 Å². The molecule has 5 nitrogen and oxygen atoms in total. The average molecular weight is 386 g/mol. The normalized spacial score (nSPS) is 16.6. The lowest BCUT2D eigenvalue weighted by Gasteiger charge is -2.27. The van der Waals surface area contributed by atoms with Gasteiger partial charge in [-0.25, -0.2) is 0 Å². The molecule has 1 saturated heterocycles. The van der Waals surface area contributed by atoms with Gasteiger partial charge in [0, 0.05) is 29.4 Å². The van der Waals surface area contributed by atoms with Crippen molar-refractivity contribution >= 4 is 23.2 Å². The van der Waals surface area contributed by atoms with Crippen molar-refractivity contribution in [2.75, 3.05) is 19.6 Å². The third kappa shape index (κ3) is 5.65. The molecule has 1 fully saturated rings. The Labute approximate surface area is 164 Å². The second kappa shape index (κ2) is 9.67. The Kier molecular flexibility index (Phi) is 7.01. The van der Waals surface area contributed by atoms with E-state index in [1.165, 1.54) is 17.7 Å². The molecule has 1 aliphatic heterocycles. The number of thiophene rings is 1. The first-order valence-electron chi connectivity index (χ1n) is 9.53. The minimum Gasteiger partial charge on any atom is -0.354 e. The van der Waals surface area contributed by atoms with Gasteiger partial charge < -0.3 is 10.6 Å². The molecular formula is C21H27N3O2S. The lowest BCUT2D eigenvalue weighted by molar-refractivity contribution is -0.121. The fraction of sp³-hybridized carbons (Fsp3) is 0.429. The largest absolute Gasteiger partial charge is 0.354 e. The number of benzene rings is 1. The number of rotatable bonds is 8. The first-order valence-corrected chi connectivity index (χ1v) is 10.4. The van der Waals surface area contributed by atoms with Crippen molar-refractivity contribution in [1.82, 2.24) is 15.5 Å². The maximum absolute atomic E-state index is 12.4. The first-order chi connectivity index (χ1) is 13.1. The maximum atomic E-state index is 12.4. The number of hydrogen-bond acceptors (Lipinski definition) is 4. The Morgan fingerprint density at radius 2 is 1.85 bits per heavy atom. The zero-order valence-electron chi connectivity index (χ0n) is 15.7. The monoisotopic (exact) mass is 385 g/mol. The fourth-order valence-electron chi connectivity index (χ4n) is 3.45. The van der Waals surface area contributed by atoms with Crippen LogP contribution in [0.3, 0.4) is 0 Å². The second-order valence-corrected chi connectivity index (χ2v) is 8.00. The van der Waals surface area contributed by atoms with E-state index in [0.717, 1.165) is 13.1 Å². The van der Waals surface area contributed by atoms with E-state index >= 15 is 0 Å². The molecule has 1 aromatic heterocycles. The Bertz CT molecular complexity index is 727. The van der Waals surface area contributed by atoms with Crippen LogP contribution >= 0.6 is 11.3 Å². The number of carbonyl (C=O) groups excluding carboxylic acids is 2. The molecule has 3 rings (SSSR count). The Hall–Kier alpha value is -2.18. The molecule has 1 aliphatic rings. The van der Waals surface area contributed by atoms with Gasteiger partial charge in [0.15, 0.2) is 0 Å². The molecule has 0 radical (unpaired) electrons. The van der Waals surface area contributed by atoms with Crippen molar-refractivity contribution in [1.29, 1.82) is 0 Å². The summed E-state index contributed by atoms with van der Waals surface area (Å²) in [6, 6.07) is 13.3. The molecule has 0 saturated carbocycles. The highest BCUT2D eigenvalue weighted by molar-refractivity contribution is 7.10. The molecule has 1 aromatic carbocycles. The van der Waals surface area contributed by atoms with Crippen LogP contribution in [0, 0.1) is 0 Å². The van der Waals surface area contributed by atoms with E-state index in [4.69, 9.17) is 0 Å². The van der Waals surface area contributed by atoms with Crippen molar-refractivity contribution in [2.45, 2.75) is 38.3 Å². The van der Waals surface area contributed by atoms with Gasteiger partial charge in [0.25, 0.3) is 5.91 Å². The minimum absolute atomic E-state index is 0.0309. The summed E-state index contributed by atoms with van der Waals surface area (Å²) in [5.74, 6) is -0.180. The van der Waals surface area contributed by atoms with Gasteiger partial charge in [-0.2, -0.15) is 0 Å². The number of amides is 2. The molecule has 0 bridgehead atoms. The molecule has 6 heteroatoms. The highest BCUT2D eigenvalue weighted by Crippen LogP contribution is 2.27. The fourth-order valence-corrected chi connectivity index (χ4v) is 4.31. The highest BCUT2D eigenvalue weighted by atomic mass is 32.1. The zero-order chi connectivity index (χ0) is 19.1. The predicted molar refractivity (Wildman–Crippen MR) is 109 cm³/mol. The number of likely N-dealkylation sites (tertiary alicyclic amines) is 1. The molecule has 0 aliphatic carbocycles. The van der Waals surface area contributed by atoms with Crippen LogP contribution in [0.25, 0.3) is 0 Å². The Balaban J connectivity index is 1.48. The third-order valence-corrected chi connectivity index (χ3v) is 5.82. The van der Waals surface area contributed by atoms with Gasteiger partial charge in [-0.05, 0) is 56.4 Å². The lowest BCUT2D eigenvalue weighted by atomic mass is 10.1. The van der Waals surface area contributed by atoms with Crippen molar-refractivity contribution in [3.63, 3.8) is 0 Å². The quantitative estimate of drug-likeness (QED) is 0.733. The van der Waals surface area contributed by atoms with Crippen LogP contribution < -0.4 is 10.6 Å². The molecule has 0 spiro atoms. The van der Waals surface area contributed by atoms with E-state index in [9.17, 15) is 9.59 Å². The molecule has 2 N–H and O–H groups in total. The SMILES string of the molecule is CC(CC(=O)NCC(c1cccs1)N1CCCC1)NC(=O)c1ccccc1. The molecular weight excluding hydrogens is 358 g/mol. The number of carbonyl (C=O) groups is 2. The zero-order valence-corrected chi connectivity index (χ0v) is 16.5. The third-order valence-electron chi connectivity index (χ3n) is 4.85. The van der Waals surface area contributed by atoms with Gasteiger partial charge in [0.2, 0.25) is 5.91 Å². The summed E-state index contributed by atoms with van der Waals surface area (Å²) in [6.45, 7) is 4.64. The lowest BCUT2D eigenvalue weighted by Crippen LogP contribution is -2.40. The summed E-state index contributed by atoms with van der Waals surface area (Å²) < 4.78 is 0. The standard InChI is InChI=1S/C21H27N3O2S/c1-16(23-21(26)17-8-3-2-4-9-17)14-20(25)22-15-18(19-10-7-13-27-19)24-11-5-6-12-24/h2-4,7-10,13,16,18H,5-6,11-12,14-15H2,1H3,(H,22,25)(H,23,26). The summed E-state index contributed by atoms with van der Waals surface area (Å²) >= 11 is 1.74. The van der Waals surface area contributed by atoms with Gasteiger partial charge in [-0.15, -0.1) is 11.3 Å². The van der Waals surface area contributed by atoms with E-state index in [-0.39, 0.29) is 30.3 Å². The van der Waals surface area contributed by atoms with Gasteiger partial charge in [0.05, 0.1) is 6.04 Å². The topological polar surface area (TPSA) is 61.4 Å². The summed E-state index contributed by atoms with van der Waals surface area (Å²) in [6.07, 6.45) is 2.71. The maximum Gasteiger partial charge on any atom is 0.251 e. The van der Waals surface area contributed by atoms with Gasteiger partial charge in [-0.1, -0.05) is 24.3 Å². The second-order valence-electron chi connectivity index (χ2n) is 7.02. The first kappa shape index (κ1) is 19.6. The number of hydrogen-bond donors (Lipinski definition) is 2. The molecule has 2 heterocycles. The van der Waals surface area contributed by atoms with Gasteiger partial charge in [-0.3, -0.25) is 14.5 Å². The number of nitrogens with zero attached hydrogens (tertiary/aromatic N) is 1. The van der Waals surface area contributed by atoms with Crippen molar-refractivity contribution < 1.29 is 9.59 Å². The Morgan fingerprint density at radius 3 is 2.52 bits per heavy atom. The molecule has 2 aromatic rings. The molecule has 2 atom stereocenters. The van der Waals surface area contributed by atoms with Crippen LogP contribution in [-0.4, -0.2) is 42.4 Å². The number of nitrogens with one attached hydrogen (secondary N) is 2. The minimum atomic E-state index is -0.218. The smallest absolute Gasteiger partial charge is 0.251 e. The Morgan fingerprint density at radius 1 is 1.11 bits per heavy atom. The highest BCUT2D eigenvalue weighted by Gasteiger charge is 2.25. The van der Waals surface area contributed by atoms with E-state index < -0.39 is 0 Å². The molecule has 2 amide bonds. The average Bonchev–Trinajstić information content (AvgIpc) is 3.37. The van der Waals surface area contributed by atoms with E-state index in [1.807, 2.05) is 25.1 Å². The van der Waals surface area contributed by atoms with E-state index in [0.29, 0.717) is 12.1 Å². The predicted octanol–water partition coefficient (Wildman–Crippen LogP) is 3.21. The summed E-state index contributed by atoms with van der Waals surface area (Å²) in [5, 5.41) is 8.04. The van der Waals surface area contributed by atoms with Crippen LogP contribution in [0.4, 0.5) is 0 Å². The van der Waals surface area contributed by atoms with E-state index in [2.05, 4.69) is 33.0 Å². The van der Waals surface area contributed by atoms with Gasteiger partial charge >= 0.3 is 0 Å². The van der Waals surface area contributed by atoms with Crippen molar-refractivity contribution in [2.24, 2.45) is 0 Å². The van der Waals surface area contributed by atoms with E-state index in [1.54, 1.807) is 23.5 Å². The van der Waals surface area contributed by atoms with Crippen LogP contribution in [-0.2, 0) is 4.79 Å². The molecule has 27 heavy (non-hydrogen) atoms. The van der Waals surface area contributed by atoms with Gasteiger partial charge in [0.1, 0.15) is 0 Å². The van der Waals surface area contributed by atoms with Crippen LogP contribution in [0.15, 0.2) is 47.8 Å². The summed E-state index contributed by atoms with van der Waals surface area (Å²) in [5.41, 5.74) is 0.608. The summed E-state index contributed by atoms with van der Waals surface area (Å²) in [4.78, 5) is 28.3. The van der Waals surface area contributed by atoms with Crippen LogP contribution in [0.2, 0.25) is 0 Å².